The molecule has 0 aliphatic rings. The molecule has 0 bridgehead atoms. The minimum Gasteiger partial charge on any atom is -0.309 e. The van der Waals surface area contributed by atoms with E-state index in [-0.39, 0.29) is 6.54 Å². The van der Waals surface area contributed by atoms with Gasteiger partial charge in [-0.3, -0.25) is 14.2 Å². The zero-order chi connectivity index (χ0) is 11.4. The Balaban J connectivity index is 3.18. The summed E-state index contributed by atoms with van der Waals surface area (Å²) in [6, 6.07) is 0. The molecule has 0 radical (unpaired) electrons. The summed E-state index contributed by atoms with van der Waals surface area (Å²) in [5, 5.41) is 0. The van der Waals surface area contributed by atoms with Crippen molar-refractivity contribution in [3.63, 3.8) is 0 Å². The summed E-state index contributed by atoms with van der Waals surface area (Å²) >= 11 is 0. The van der Waals surface area contributed by atoms with Gasteiger partial charge in [0.2, 0.25) is 0 Å². The number of hydrogen-bond acceptors (Lipinski definition) is 2. The number of rotatable bonds is 3. The van der Waals surface area contributed by atoms with E-state index in [1.807, 2.05) is 13.8 Å². The highest BCUT2D eigenvalue weighted by Gasteiger charge is 2.04. The molecule has 1 heterocycles. The van der Waals surface area contributed by atoms with Crippen molar-refractivity contribution >= 4 is 0 Å². The zero-order valence-corrected chi connectivity index (χ0v) is 8.93. The smallest absolute Gasteiger partial charge is 0.309 e. The molecule has 1 rings (SSSR count). The molecule has 0 amide bonds. The molecule has 0 saturated heterocycles. The Morgan fingerprint density at radius 1 is 1.27 bits per heavy atom. The van der Waals surface area contributed by atoms with Crippen molar-refractivity contribution in [1.29, 1.82) is 0 Å². The van der Waals surface area contributed by atoms with Crippen LogP contribution in [-0.2, 0) is 13.1 Å². The van der Waals surface area contributed by atoms with Gasteiger partial charge in [0.05, 0.1) is 6.54 Å². The predicted molar refractivity (Wildman–Crippen MR) is 58.6 cm³/mol. The third kappa shape index (κ3) is 2.59. The predicted octanol–water partition coefficient (Wildman–Crippen LogP) is 0.299. The van der Waals surface area contributed by atoms with Crippen LogP contribution in [0.3, 0.4) is 0 Å². The van der Waals surface area contributed by atoms with Gasteiger partial charge in [-0.15, -0.1) is 6.42 Å². The average molecular weight is 206 g/mol. The standard InChI is InChI=1S/C11H14N2O2/c1-4-5-12-6-7-13(8-9(2)3)11(15)10(12)14/h1,6-7,9H,5,8H2,2-3H3. The minimum atomic E-state index is -0.559. The highest BCUT2D eigenvalue weighted by atomic mass is 16.2. The summed E-state index contributed by atoms with van der Waals surface area (Å²) in [6.45, 7) is 4.65. The van der Waals surface area contributed by atoms with Gasteiger partial charge < -0.3 is 4.57 Å². The SMILES string of the molecule is C#CCn1ccn(CC(C)C)c(=O)c1=O. The number of hydrogen-bond donors (Lipinski definition) is 0. The lowest BCUT2D eigenvalue weighted by Gasteiger charge is -2.08. The lowest BCUT2D eigenvalue weighted by atomic mass is 10.2. The van der Waals surface area contributed by atoms with E-state index in [1.54, 1.807) is 12.4 Å². The Morgan fingerprint density at radius 3 is 2.33 bits per heavy atom. The number of terminal acetylenes is 1. The van der Waals surface area contributed by atoms with E-state index in [0.29, 0.717) is 12.5 Å². The van der Waals surface area contributed by atoms with Crippen LogP contribution in [0.4, 0.5) is 0 Å². The van der Waals surface area contributed by atoms with Crippen molar-refractivity contribution in [2.24, 2.45) is 5.92 Å². The van der Waals surface area contributed by atoms with E-state index >= 15 is 0 Å². The first-order chi connectivity index (χ1) is 7.06. The molecule has 0 fully saturated rings. The summed E-state index contributed by atoms with van der Waals surface area (Å²) in [7, 11) is 0. The fourth-order valence-corrected chi connectivity index (χ4v) is 1.30. The van der Waals surface area contributed by atoms with Crippen LogP contribution in [0.1, 0.15) is 13.8 Å². The molecule has 15 heavy (non-hydrogen) atoms. The Kier molecular flexibility index (Phi) is 3.51. The molecule has 1 aromatic heterocycles. The topological polar surface area (TPSA) is 44.0 Å². The summed E-state index contributed by atoms with van der Waals surface area (Å²) in [5.74, 6) is 2.65. The first-order valence-corrected chi connectivity index (χ1v) is 4.79. The number of aromatic nitrogens is 2. The van der Waals surface area contributed by atoms with Gasteiger partial charge in [0.1, 0.15) is 0 Å². The molecule has 0 aliphatic heterocycles. The van der Waals surface area contributed by atoms with Crippen LogP contribution in [0.25, 0.3) is 0 Å². The van der Waals surface area contributed by atoms with Crippen molar-refractivity contribution < 1.29 is 0 Å². The molecule has 0 unspecified atom stereocenters. The molecule has 80 valence electrons. The monoisotopic (exact) mass is 206 g/mol. The molecule has 0 N–H and O–H groups in total. The van der Waals surface area contributed by atoms with Crippen LogP contribution in [0.2, 0.25) is 0 Å². The van der Waals surface area contributed by atoms with Crippen molar-refractivity contribution in [2.45, 2.75) is 26.9 Å². The molecule has 0 spiro atoms. The summed E-state index contributed by atoms with van der Waals surface area (Å²) < 4.78 is 2.65. The lowest BCUT2D eigenvalue weighted by Crippen LogP contribution is -2.41. The Hall–Kier alpha value is -1.76. The third-order valence-corrected chi connectivity index (χ3v) is 1.95. The van der Waals surface area contributed by atoms with Crippen molar-refractivity contribution in [2.75, 3.05) is 0 Å². The van der Waals surface area contributed by atoms with Crippen molar-refractivity contribution in [1.82, 2.24) is 9.13 Å². The van der Waals surface area contributed by atoms with Crippen LogP contribution in [-0.4, -0.2) is 9.13 Å². The van der Waals surface area contributed by atoms with Gasteiger partial charge in [0.15, 0.2) is 0 Å². The molecule has 4 nitrogen and oxygen atoms in total. The van der Waals surface area contributed by atoms with Gasteiger partial charge in [-0.25, -0.2) is 0 Å². The van der Waals surface area contributed by atoms with E-state index in [2.05, 4.69) is 5.92 Å². The van der Waals surface area contributed by atoms with Crippen molar-refractivity contribution in [3.8, 4) is 12.3 Å². The molecule has 0 aliphatic carbocycles. The maximum absolute atomic E-state index is 11.6. The normalized spacial score (nSPS) is 10.3. The molecule has 4 heteroatoms. The Morgan fingerprint density at radius 2 is 1.80 bits per heavy atom. The summed E-state index contributed by atoms with van der Waals surface area (Å²) in [5.41, 5.74) is -1.07. The fourth-order valence-electron chi connectivity index (χ4n) is 1.30. The second-order valence-electron chi connectivity index (χ2n) is 3.79. The molecule has 0 atom stereocenters. The van der Waals surface area contributed by atoms with Gasteiger partial charge in [0.25, 0.3) is 0 Å². The van der Waals surface area contributed by atoms with Gasteiger partial charge in [-0.2, -0.15) is 0 Å². The first kappa shape index (κ1) is 11.3. The van der Waals surface area contributed by atoms with Crippen LogP contribution >= 0.6 is 0 Å². The highest BCUT2D eigenvalue weighted by Crippen LogP contribution is 1.94. The summed E-state index contributed by atoms with van der Waals surface area (Å²) in [6.07, 6.45) is 8.23. The zero-order valence-electron chi connectivity index (χ0n) is 8.93. The van der Waals surface area contributed by atoms with Gasteiger partial charge >= 0.3 is 11.1 Å². The van der Waals surface area contributed by atoms with E-state index in [4.69, 9.17) is 6.42 Å². The fraction of sp³-hybridized carbons (Fsp3) is 0.455. The van der Waals surface area contributed by atoms with E-state index in [9.17, 15) is 9.59 Å². The minimum absolute atomic E-state index is 0.136. The van der Waals surface area contributed by atoms with E-state index < -0.39 is 11.1 Å². The van der Waals surface area contributed by atoms with Crippen LogP contribution < -0.4 is 11.1 Å². The summed E-state index contributed by atoms with van der Waals surface area (Å²) in [4.78, 5) is 23.1. The van der Waals surface area contributed by atoms with Crippen LogP contribution in [0.15, 0.2) is 22.0 Å². The Labute approximate surface area is 88.2 Å². The molecule has 0 saturated carbocycles. The van der Waals surface area contributed by atoms with Gasteiger partial charge in [0, 0.05) is 18.9 Å². The van der Waals surface area contributed by atoms with Crippen LogP contribution in [0, 0.1) is 18.3 Å². The molecular formula is C11H14N2O2. The quantitative estimate of drug-likeness (QED) is 0.527. The maximum atomic E-state index is 11.6. The third-order valence-electron chi connectivity index (χ3n) is 1.95. The van der Waals surface area contributed by atoms with E-state index in [0.717, 1.165) is 0 Å². The maximum Gasteiger partial charge on any atom is 0.317 e. The molecule has 1 aromatic rings. The first-order valence-electron chi connectivity index (χ1n) is 4.79. The van der Waals surface area contributed by atoms with Crippen molar-refractivity contribution in [3.05, 3.63) is 33.1 Å². The second-order valence-corrected chi connectivity index (χ2v) is 3.79. The van der Waals surface area contributed by atoms with Gasteiger partial charge in [-0.05, 0) is 5.92 Å². The highest BCUT2D eigenvalue weighted by molar-refractivity contribution is 4.92. The molecular weight excluding hydrogens is 192 g/mol. The Bertz CT molecular complexity index is 489. The lowest BCUT2D eigenvalue weighted by molar-refractivity contribution is 0.500. The molecule has 0 aromatic carbocycles. The second kappa shape index (κ2) is 4.65. The van der Waals surface area contributed by atoms with E-state index in [1.165, 1.54) is 9.13 Å². The largest absolute Gasteiger partial charge is 0.317 e. The van der Waals surface area contributed by atoms with Crippen LogP contribution in [0.5, 0.6) is 0 Å². The van der Waals surface area contributed by atoms with Gasteiger partial charge in [-0.1, -0.05) is 19.8 Å². The number of nitrogens with zero attached hydrogens (tertiary/aromatic N) is 2. The average Bonchev–Trinajstić information content (AvgIpc) is 2.17.